The second kappa shape index (κ2) is 21.0. The number of hydrogen-bond donors (Lipinski definition) is 2. The molecule has 4 aliphatic rings. The Bertz CT molecular complexity index is 2220. The van der Waals surface area contributed by atoms with E-state index in [0.29, 0.717) is 25.2 Å². The predicted molar refractivity (Wildman–Crippen MR) is 245 cm³/mol. The minimum atomic E-state index is -1.42. The molecular formula is C52H63N3O8. The van der Waals surface area contributed by atoms with Crippen LogP contribution in [0.4, 0.5) is 4.79 Å². The summed E-state index contributed by atoms with van der Waals surface area (Å²) < 4.78 is 27.0. The van der Waals surface area contributed by atoms with Gasteiger partial charge in [-0.05, 0) is 90.1 Å². The summed E-state index contributed by atoms with van der Waals surface area (Å²) in [6, 6.07) is 29.8. The van der Waals surface area contributed by atoms with Gasteiger partial charge >= 0.3 is 6.09 Å². The molecule has 11 heteroatoms. The fourth-order valence-electron chi connectivity index (χ4n) is 10.2. The molecule has 0 bridgehead atoms. The number of ether oxygens (including phenoxy) is 4. The molecule has 334 valence electrons. The lowest BCUT2D eigenvalue weighted by Crippen LogP contribution is -2.70. The summed E-state index contributed by atoms with van der Waals surface area (Å²) in [5.41, 5.74) is 4.69. The summed E-state index contributed by atoms with van der Waals surface area (Å²) in [6.07, 6.45) is 8.64. The van der Waals surface area contributed by atoms with Crippen molar-refractivity contribution in [2.24, 2.45) is 22.9 Å². The van der Waals surface area contributed by atoms with Crippen LogP contribution in [0.25, 0.3) is 10.8 Å². The van der Waals surface area contributed by atoms with E-state index in [1.165, 1.54) is 0 Å². The van der Waals surface area contributed by atoms with Gasteiger partial charge in [-0.2, -0.15) is 0 Å². The Balaban J connectivity index is 1.32. The number of aliphatic hydroxyl groups is 2. The van der Waals surface area contributed by atoms with Crippen LogP contribution in [0.5, 0.6) is 11.5 Å². The monoisotopic (exact) mass is 857 g/mol. The Kier molecular flexibility index (Phi) is 14.8. The van der Waals surface area contributed by atoms with E-state index in [2.05, 4.69) is 47.9 Å². The molecule has 0 radical (unpaired) electrons. The van der Waals surface area contributed by atoms with Gasteiger partial charge < -0.3 is 34.0 Å². The van der Waals surface area contributed by atoms with Crippen molar-refractivity contribution >= 4 is 22.6 Å². The Morgan fingerprint density at radius 2 is 1.75 bits per heavy atom. The number of carbonyl (C=O) groups excluding carboxylic acids is 1. The smallest absolute Gasteiger partial charge is 0.410 e. The molecule has 2 aliphatic carbocycles. The molecular weight excluding hydrogens is 795 g/mol. The third-order valence-electron chi connectivity index (χ3n) is 13.2. The van der Waals surface area contributed by atoms with Crippen LogP contribution in [-0.2, 0) is 27.5 Å². The standard InChI is InChI=1S/C52H63N3O8/c1-3-30-61-52-48(55(51(58)59-4-2)35-40-20-14-19-38-17-8-9-21-42(38)40)34-46(53-62-36-37-15-6-5-7-16-37)44-32-39(18-10-12-28-56)43(22-11-13-29-57)49(50(44)52)45-33-41(23-24-47(45)63-52)60-31-27-54-25-26-54/h3,5-9,14-17,19-21,23-24,32-33,39,43,48-50,56-57H,1,4,10-13,18,22,25-31,34-36H2,2H3/t39-,43+,48-,49+,50+,52+/m0/s1. The zero-order chi connectivity index (χ0) is 43.6. The molecule has 2 heterocycles. The summed E-state index contributed by atoms with van der Waals surface area (Å²) in [7, 11) is 0. The van der Waals surface area contributed by atoms with Gasteiger partial charge in [0.2, 0.25) is 5.79 Å². The molecule has 1 saturated heterocycles. The summed E-state index contributed by atoms with van der Waals surface area (Å²) in [6.45, 7) is 10.6. The van der Waals surface area contributed by atoms with E-state index in [1.54, 1.807) is 11.0 Å². The summed E-state index contributed by atoms with van der Waals surface area (Å²) in [5.74, 6) is -0.386. The molecule has 2 fully saturated rings. The highest BCUT2D eigenvalue weighted by molar-refractivity contribution is 6.03. The van der Waals surface area contributed by atoms with Crippen LogP contribution in [-0.4, -0.2) is 96.3 Å². The number of amides is 1. The summed E-state index contributed by atoms with van der Waals surface area (Å²) >= 11 is 0. The molecule has 11 nitrogen and oxygen atoms in total. The van der Waals surface area contributed by atoms with E-state index >= 15 is 0 Å². The molecule has 0 spiro atoms. The number of unbranched alkanes of at least 4 members (excludes halogenated alkanes) is 2. The van der Waals surface area contributed by atoms with Gasteiger partial charge in [-0.3, -0.25) is 9.80 Å². The first-order valence-electron chi connectivity index (χ1n) is 23.0. The highest BCUT2D eigenvalue weighted by Gasteiger charge is 2.65. The van der Waals surface area contributed by atoms with E-state index < -0.39 is 23.8 Å². The minimum absolute atomic E-state index is 0.0884. The molecule has 6 atom stereocenters. The quantitative estimate of drug-likeness (QED) is 0.0345. The van der Waals surface area contributed by atoms with Crippen molar-refractivity contribution in [1.29, 1.82) is 0 Å². The first-order chi connectivity index (χ1) is 31.0. The van der Waals surface area contributed by atoms with E-state index in [1.807, 2.05) is 67.6 Å². The zero-order valence-corrected chi connectivity index (χ0v) is 36.6. The molecule has 4 aromatic rings. The fraction of sp³-hybridized carbons (Fsp3) is 0.462. The highest BCUT2D eigenvalue weighted by atomic mass is 16.7. The molecule has 1 saturated carbocycles. The lowest BCUT2D eigenvalue weighted by atomic mass is 9.55. The zero-order valence-electron chi connectivity index (χ0n) is 36.6. The van der Waals surface area contributed by atoms with Crippen LogP contribution in [0.1, 0.15) is 74.5 Å². The Hall–Kier alpha value is -5.20. The fourth-order valence-corrected chi connectivity index (χ4v) is 10.2. The van der Waals surface area contributed by atoms with Crippen LogP contribution in [0.15, 0.2) is 120 Å². The molecule has 8 rings (SSSR count). The number of nitrogens with zero attached hydrogens (tertiary/aromatic N) is 3. The molecule has 2 aliphatic heterocycles. The van der Waals surface area contributed by atoms with Crippen molar-refractivity contribution < 1.29 is 38.8 Å². The van der Waals surface area contributed by atoms with Crippen molar-refractivity contribution in [3.8, 4) is 11.5 Å². The second-order valence-electron chi connectivity index (χ2n) is 17.2. The SMILES string of the molecule is C=CCO[C@@]12Oc3ccc(OCCN4CC4)cc3[C@H]3[C@H](CCCCO)[C@@H](CCCCO)C=C(C(=NOCc4ccccc4)C[C@@H]1N(Cc1cccc4ccccc14)C(=O)OCC)[C@H]32. The first kappa shape index (κ1) is 44.4. The third-order valence-corrected chi connectivity index (χ3v) is 13.2. The van der Waals surface area contributed by atoms with Crippen LogP contribution >= 0.6 is 0 Å². The number of rotatable bonds is 22. The topological polar surface area (TPSA) is 122 Å². The van der Waals surface area contributed by atoms with Crippen LogP contribution < -0.4 is 9.47 Å². The van der Waals surface area contributed by atoms with Crippen molar-refractivity contribution in [3.63, 3.8) is 0 Å². The van der Waals surface area contributed by atoms with E-state index in [4.69, 9.17) is 28.9 Å². The molecule has 4 aromatic carbocycles. The van der Waals surface area contributed by atoms with Gasteiger partial charge in [-0.15, -0.1) is 6.58 Å². The minimum Gasteiger partial charge on any atom is -0.492 e. The largest absolute Gasteiger partial charge is 0.492 e. The van der Waals surface area contributed by atoms with E-state index in [-0.39, 0.29) is 63.8 Å². The van der Waals surface area contributed by atoms with Gasteiger partial charge in [0.15, 0.2) is 0 Å². The Morgan fingerprint density at radius 1 is 0.968 bits per heavy atom. The molecule has 0 unspecified atom stereocenters. The summed E-state index contributed by atoms with van der Waals surface area (Å²) in [4.78, 5) is 25.1. The van der Waals surface area contributed by atoms with Crippen molar-refractivity contribution in [2.45, 2.75) is 82.8 Å². The van der Waals surface area contributed by atoms with Crippen molar-refractivity contribution in [1.82, 2.24) is 9.80 Å². The Labute approximate surface area is 371 Å². The second-order valence-corrected chi connectivity index (χ2v) is 17.2. The summed E-state index contributed by atoms with van der Waals surface area (Å²) in [5, 5.41) is 27.1. The van der Waals surface area contributed by atoms with Gasteiger partial charge in [0.1, 0.15) is 30.8 Å². The lowest BCUT2D eigenvalue weighted by Gasteiger charge is -2.59. The highest BCUT2D eigenvalue weighted by Crippen LogP contribution is 2.62. The van der Waals surface area contributed by atoms with Gasteiger partial charge in [0, 0.05) is 50.8 Å². The number of oxime groups is 1. The third kappa shape index (κ3) is 9.97. The molecule has 1 amide bonds. The van der Waals surface area contributed by atoms with Crippen molar-refractivity contribution in [2.75, 3.05) is 52.7 Å². The maximum Gasteiger partial charge on any atom is 0.410 e. The number of carbonyl (C=O) groups is 1. The number of hydrogen-bond acceptors (Lipinski definition) is 10. The predicted octanol–water partition coefficient (Wildman–Crippen LogP) is 9.03. The van der Waals surface area contributed by atoms with Gasteiger partial charge in [0.25, 0.3) is 0 Å². The van der Waals surface area contributed by atoms with Crippen LogP contribution in [0, 0.1) is 17.8 Å². The Morgan fingerprint density at radius 3 is 2.52 bits per heavy atom. The average molecular weight is 858 g/mol. The molecule has 63 heavy (non-hydrogen) atoms. The lowest BCUT2D eigenvalue weighted by molar-refractivity contribution is -0.256. The first-order valence-corrected chi connectivity index (χ1v) is 23.0. The molecule has 2 N–H and O–H groups in total. The number of allylic oxidation sites excluding steroid dienone is 1. The number of benzene rings is 4. The van der Waals surface area contributed by atoms with Gasteiger partial charge in [-0.25, -0.2) is 4.79 Å². The van der Waals surface area contributed by atoms with Crippen LogP contribution in [0.3, 0.4) is 0 Å². The van der Waals surface area contributed by atoms with E-state index in [0.717, 1.165) is 89.8 Å². The maximum absolute atomic E-state index is 14.7. The van der Waals surface area contributed by atoms with Gasteiger partial charge in [-0.1, -0.05) is 103 Å². The normalized spacial score (nSPS) is 24.1. The average Bonchev–Trinajstić information content (AvgIpc) is 4.14. The van der Waals surface area contributed by atoms with Gasteiger partial charge in [0.05, 0.1) is 31.4 Å². The number of fused-ring (bicyclic) bond motifs is 3. The van der Waals surface area contributed by atoms with E-state index in [9.17, 15) is 15.0 Å². The maximum atomic E-state index is 14.7. The molecule has 0 aromatic heterocycles. The van der Waals surface area contributed by atoms with Crippen LogP contribution in [0.2, 0.25) is 0 Å². The van der Waals surface area contributed by atoms with Crippen molar-refractivity contribution in [3.05, 3.63) is 132 Å². The number of aliphatic hydroxyl groups excluding tert-OH is 2.